The summed E-state index contributed by atoms with van der Waals surface area (Å²) >= 11 is 0.979. The van der Waals surface area contributed by atoms with Crippen LogP contribution in [0.15, 0.2) is 0 Å². The van der Waals surface area contributed by atoms with E-state index in [1.165, 1.54) is 0 Å². The Labute approximate surface area is 173 Å². The summed E-state index contributed by atoms with van der Waals surface area (Å²) in [5.41, 5.74) is 0.559. The maximum Gasteiger partial charge on any atom is 0.348 e. The highest BCUT2D eigenvalue weighted by molar-refractivity contribution is 7.18. The van der Waals surface area contributed by atoms with Gasteiger partial charge in [-0.05, 0) is 39.2 Å². The molecule has 0 saturated heterocycles. The van der Waals surface area contributed by atoms with Gasteiger partial charge in [0.2, 0.25) is 0 Å². The van der Waals surface area contributed by atoms with Crippen molar-refractivity contribution in [2.45, 2.75) is 39.7 Å². The lowest BCUT2D eigenvalue weighted by atomic mass is 10.1. The van der Waals surface area contributed by atoms with Crippen LogP contribution in [0.4, 0.5) is 5.00 Å². The number of rotatable bonds is 10. The molecule has 0 bridgehead atoms. The predicted octanol–water partition coefficient (Wildman–Crippen LogP) is 0.142. The van der Waals surface area contributed by atoms with Crippen molar-refractivity contribution < 1.29 is 33.6 Å². The molecule has 1 aromatic heterocycles. The summed E-state index contributed by atoms with van der Waals surface area (Å²) in [6.07, 6.45) is 2.00. The molecule has 1 atom stereocenters. The zero-order valence-electron chi connectivity index (χ0n) is 17.2. The number of carbonyl (C=O) groups excluding carboxylic acids is 4. The third-order valence-corrected chi connectivity index (χ3v) is 5.39. The van der Waals surface area contributed by atoms with Crippen LogP contribution in [-0.2, 0) is 19.1 Å². The molecular weight excluding hydrogens is 398 g/mol. The largest absolute Gasteiger partial charge is 0.462 e. The summed E-state index contributed by atoms with van der Waals surface area (Å²) in [7, 11) is 1.74. The first kappa shape index (κ1) is 22.8. The molecular formula is C19H28N3O6S+. The van der Waals surface area contributed by atoms with Gasteiger partial charge in [-0.1, -0.05) is 0 Å². The minimum Gasteiger partial charge on any atom is -0.462 e. The molecule has 1 heterocycles. The molecule has 0 aliphatic heterocycles. The topological polar surface area (TPSA) is 115 Å². The first-order valence-corrected chi connectivity index (χ1v) is 10.5. The zero-order valence-corrected chi connectivity index (χ0v) is 18.0. The number of thiophene rings is 1. The van der Waals surface area contributed by atoms with Crippen LogP contribution >= 0.6 is 11.3 Å². The molecule has 1 aliphatic carbocycles. The molecule has 9 nitrogen and oxygen atoms in total. The second-order valence-corrected chi connectivity index (χ2v) is 7.92. The van der Waals surface area contributed by atoms with E-state index in [-0.39, 0.29) is 59.6 Å². The first-order chi connectivity index (χ1) is 13.8. The summed E-state index contributed by atoms with van der Waals surface area (Å²) in [6.45, 7) is 5.55. The van der Waals surface area contributed by atoms with Gasteiger partial charge in [-0.25, -0.2) is 9.59 Å². The lowest BCUT2D eigenvalue weighted by molar-refractivity contribution is -0.862. The van der Waals surface area contributed by atoms with Crippen molar-refractivity contribution in [2.75, 3.05) is 38.7 Å². The van der Waals surface area contributed by atoms with Crippen molar-refractivity contribution in [3.8, 4) is 0 Å². The standard InChI is InChI=1S/C19H27N3O6S/c1-5-27-18(25)15-11(3)16(19(26)28-6-2)29-17(15)21-14(24)10-22(4)9-13(23)20-12-7-8-12/h12H,5-10H2,1-4H3,(H,20,23)(H,21,24)/p+1. The molecule has 10 heteroatoms. The Morgan fingerprint density at radius 1 is 1.03 bits per heavy atom. The SMILES string of the molecule is CCOC(=O)c1sc(NC(=O)C[NH+](C)CC(=O)NC2CC2)c(C(=O)OCC)c1C. The summed E-state index contributed by atoms with van der Waals surface area (Å²) < 4.78 is 10.1. The van der Waals surface area contributed by atoms with Crippen LogP contribution in [-0.4, -0.2) is 63.1 Å². The summed E-state index contributed by atoms with van der Waals surface area (Å²) in [6, 6.07) is 0.270. The number of likely N-dealkylation sites (N-methyl/N-ethyl adjacent to an activating group) is 1. The molecule has 160 valence electrons. The van der Waals surface area contributed by atoms with Crippen LogP contribution in [0.25, 0.3) is 0 Å². The van der Waals surface area contributed by atoms with Crippen LogP contribution in [0.1, 0.15) is 52.3 Å². The number of quaternary nitrogens is 1. The zero-order chi connectivity index (χ0) is 21.6. The number of carbonyl (C=O) groups is 4. The van der Waals surface area contributed by atoms with Gasteiger partial charge in [0.15, 0.2) is 13.1 Å². The Bertz CT molecular complexity index is 787. The molecule has 1 aliphatic rings. The Morgan fingerprint density at radius 3 is 2.21 bits per heavy atom. The van der Waals surface area contributed by atoms with E-state index >= 15 is 0 Å². The second kappa shape index (κ2) is 10.4. The molecule has 3 N–H and O–H groups in total. The van der Waals surface area contributed by atoms with Gasteiger partial charge < -0.3 is 25.0 Å². The fourth-order valence-corrected chi connectivity index (χ4v) is 3.83. The maximum atomic E-state index is 12.5. The third-order valence-electron chi connectivity index (χ3n) is 4.21. The summed E-state index contributed by atoms with van der Waals surface area (Å²) in [5.74, 6) is -1.64. The molecule has 1 fully saturated rings. The lowest BCUT2D eigenvalue weighted by Crippen LogP contribution is -3.11. The molecule has 1 unspecified atom stereocenters. The number of ether oxygens (including phenoxy) is 2. The third kappa shape index (κ3) is 6.53. The molecule has 2 rings (SSSR count). The van der Waals surface area contributed by atoms with E-state index in [1.54, 1.807) is 27.8 Å². The van der Waals surface area contributed by atoms with Gasteiger partial charge in [-0.2, -0.15) is 0 Å². The molecule has 0 spiro atoms. The molecule has 2 amide bonds. The summed E-state index contributed by atoms with van der Waals surface area (Å²) in [4.78, 5) is 49.8. The number of esters is 2. The maximum absolute atomic E-state index is 12.5. The van der Waals surface area contributed by atoms with E-state index in [9.17, 15) is 19.2 Å². The van der Waals surface area contributed by atoms with E-state index in [0.29, 0.717) is 10.5 Å². The van der Waals surface area contributed by atoms with E-state index in [2.05, 4.69) is 10.6 Å². The highest BCUT2D eigenvalue weighted by Crippen LogP contribution is 2.34. The second-order valence-electron chi connectivity index (χ2n) is 6.90. The average Bonchev–Trinajstić information content (AvgIpc) is 3.36. The Morgan fingerprint density at radius 2 is 1.62 bits per heavy atom. The highest BCUT2D eigenvalue weighted by Gasteiger charge is 2.28. The quantitative estimate of drug-likeness (QED) is 0.459. The van der Waals surface area contributed by atoms with Crippen molar-refractivity contribution in [3.63, 3.8) is 0 Å². The number of amides is 2. The first-order valence-electron chi connectivity index (χ1n) is 9.64. The molecule has 29 heavy (non-hydrogen) atoms. The monoisotopic (exact) mass is 426 g/mol. The van der Waals surface area contributed by atoms with Gasteiger partial charge >= 0.3 is 11.9 Å². The van der Waals surface area contributed by atoms with Crippen LogP contribution < -0.4 is 15.5 Å². The van der Waals surface area contributed by atoms with Crippen molar-refractivity contribution in [2.24, 2.45) is 0 Å². The number of anilines is 1. The number of nitrogens with one attached hydrogen (secondary N) is 3. The van der Waals surface area contributed by atoms with Gasteiger partial charge in [0, 0.05) is 6.04 Å². The van der Waals surface area contributed by atoms with Crippen LogP contribution in [0.5, 0.6) is 0 Å². The van der Waals surface area contributed by atoms with Crippen molar-refractivity contribution in [1.82, 2.24) is 5.32 Å². The van der Waals surface area contributed by atoms with Gasteiger partial charge in [0.25, 0.3) is 11.8 Å². The fraction of sp³-hybridized carbons (Fsp3) is 0.579. The van der Waals surface area contributed by atoms with E-state index in [0.717, 1.165) is 24.2 Å². The predicted molar refractivity (Wildman–Crippen MR) is 107 cm³/mol. The van der Waals surface area contributed by atoms with Gasteiger partial charge in [-0.3, -0.25) is 9.59 Å². The molecule has 0 radical (unpaired) electrons. The highest BCUT2D eigenvalue weighted by atomic mass is 32.1. The molecule has 1 saturated carbocycles. The van der Waals surface area contributed by atoms with Crippen LogP contribution in [0.3, 0.4) is 0 Å². The minimum atomic E-state index is -0.614. The molecule has 1 aromatic rings. The average molecular weight is 427 g/mol. The van der Waals surface area contributed by atoms with Crippen molar-refractivity contribution >= 4 is 40.1 Å². The Hall–Kier alpha value is -2.46. The van der Waals surface area contributed by atoms with Crippen LogP contribution in [0, 0.1) is 6.92 Å². The Kier molecular flexibility index (Phi) is 8.15. The smallest absolute Gasteiger partial charge is 0.348 e. The molecule has 0 aromatic carbocycles. The van der Waals surface area contributed by atoms with Crippen molar-refractivity contribution in [1.29, 1.82) is 0 Å². The van der Waals surface area contributed by atoms with E-state index in [1.807, 2.05) is 0 Å². The van der Waals surface area contributed by atoms with E-state index in [4.69, 9.17) is 9.47 Å². The Balaban J connectivity index is 2.09. The summed E-state index contributed by atoms with van der Waals surface area (Å²) in [5, 5.41) is 5.80. The van der Waals surface area contributed by atoms with Crippen molar-refractivity contribution in [3.05, 3.63) is 16.0 Å². The minimum absolute atomic E-state index is 0.0338. The van der Waals surface area contributed by atoms with Gasteiger partial charge in [0.05, 0.1) is 25.8 Å². The van der Waals surface area contributed by atoms with Gasteiger partial charge in [0.1, 0.15) is 9.88 Å². The lowest BCUT2D eigenvalue weighted by Gasteiger charge is -2.13. The normalized spacial score (nSPS) is 14.1. The van der Waals surface area contributed by atoms with Crippen LogP contribution in [0.2, 0.25) is 0 Å². The number of hydrogen-bond donors (Lipinski definition) is 3. The van der Waals surface area contributed by atoms with E-state index < -0.39 is 11.9 Å². The van der Waals surface area contributed by atoms with Gasteiger partial charge in [-0.15, -0.1) is 11.3 Å². The number of hydrogen-bond acceptors (Lipinski definition) is 7. The fourth-order valence-electron chi connectivity index (χ4n) is 2.73.